The zero-order valence-corrected chi connectivity index (χ0v) is 13.9. The van der Waals surface area contributed by atoms with E-state index in [4.69, 9.17) is 11.6 Å². The molecule has 1 N–H and O–H groups in total. The Kier molecular flexibility index (Phi) is 4.08. The van der Waals surface area contributed by atoms with Gasteiger partial charge in [-0.25, -0.2) is 12.8 Å². The number of aryl methyl sites for hydroxylation is 1. The van der Waals surface area contributed by atoms with Crippen LogP contribution in [0.15, 0.2) is 41.3 Å². The Balaban J connectivity index is 2.11. The summed E-state index contributed by atoms with van der Waals surface area (Å²) in [5, 5.41) is 10.4. The predicted octanol–water partition coefficient (Wildman–Crippen LogP) is 3.42. The number of hydrogen-bond donors (Lipinski definition) is 1. The number of hydrogen-bond acceptors (Lipinski definition) is 3. The summed E-state index contributed by atoms with van der Waals surface area (Å²) < 4.78 is 40.4. The van der Waals surface area contributed by atoms with Gasteiger partial charge in [-0.1, -0.05) is 17.7 Å². The van der Waals surface area contributed by atoms with Crippen molar-refractivity contribution in [3.63, 3.8) is 0 Å². The summed E-state index contributed by atoms with van der Waals surface area (Å²) in [6, 6.07) is 8.26. The number of rotatable bonds is 2. The molecular formula is C16H15ClFNO3S. The molecule has 0 saturated carbocycles. The van der Waals surface area contributed by atoms with E-state index in [1.807, 2.05) is 0 Å². The third-order valence-electron chi connectivity index (χ3n) is 3.95. The van der Waals surface area contributed by atoms with Crippen molar-refractivity contribution in [3.8, 4) is 0 Å². The Morgan fingerprint density at radius 3 is 2.70 bits per heavy atom. The zero-order chi connectivity index (χ0) is 16.8. The topological polar surface area (TPSA) is 57.6 Å². The van der Waals surface area contributed by atoms with Gasteiger partial charge in [-0.2, -0.15) is 0 Å². The molecule has 0 fully saturated rings. The molecule has 0 radical (unpaired) electrons. The second-order valence-corrected chi connectivity index (χ2v) is 7.77. The average molecular weight is 356 g/mol. The van der Waals surface area contributed by atoms with Gasteiger partial charge in [-0.3, -0.25) is 4.31 Å². The van der Waals surface area contributed by atoms with Gasteiger partial charge in [0.25, 0.3) is 10.0 Å². The summed E-state index contributed by atoms with van der Waals surface area (Å²) >= 11 is 6.03. The van der Waals surface area contributed by atoms with Crippen molar-refractivity contribution >= 4 is 27.3 Å². The Morgan fingerprint density at radius 2 is 2.00 bits per heavy atom. The van der Waals surface area contributed by atoms with Gasteiger partial charge >= 0.3 is 0 Å². The van der Waals surface area contributed by atoms with E-state index in [0.717, 1.165) is 5.56 Å². The van der Waals surface area contributed by atoms with Crippen molar-refractivity contribution < 1.29 is 17.9 Å². The fraction of sp³-hybridized carbons (Fsp3) is 0.250. The van der Waals surface area contributed by atoms with E-state index in [2.05, 4.69) is 0 Å². The molecule has 2 aromatic carbocycles. The molecular weight excluding hydrogens is 341 g/mol. The van der Waals surface area contributed by atoms with E-state index >= 15 is 0 Å². The van der Waals surface area contributed by atoms with Crippen LogP contribution in [0.3, 0.4) is 0 Å². The molecule has 23 heavy (non-hydrogen) atoms. The maximum Gasteiger partial charge on any atom is 0.264 e. The number of halogens is 2. The fourth-order valence-corrected chi connectivity index (χ4v) is 4.42. The average Bonchev–Trinajstić information content (AvgIpc) is 2.50. The van der Waals surface area contributed by atoms with Crippen molar-refractivity contribution in [2.75, 3.05) is 10.8 Å². The minimum absolute atomic E-state index is 0.0692. The van der Waals surface area contributed by atoms with E-state index in [0.29, 0.717) is 10.7 Å². The van der Waals surface area contributed by atoms with E-state index < -0.39 is 21.9 Å². The number of anilines is 1. The van der Waals surface area contributed by atoms with Gasteiger partial charge in [0.05, 0.1) is 16.7 Å². The highest BCUT2D eigenvalue weighted by Crippen LogP contribution is 2.37. The summed E-state index contributed by atoms with van der Waals surface area (Å²) in [5.41, 5.74) is 1.35. The molecule has 0 aliphatic carbocycles. The van der Waals surface area contributed by atoms with Crippen LogP contribution in [0.4, 0.5) is 10.1 Å². The van der Waals surface area contributed by atoms with Gasteiger partial charge in [0, 0.05) is 17.1 Å². The van der Waals surface area contributed by atoms with E-state index in [1.165, 1.54) is 34.6 Å². The molecule has 7 heteroatoms. The molecule has 1 heterocycles. The Hall–Kier alpha value is -1.63. The summed E-state index contributed by atoms with van der Waals surface area (Å²) in [6.45, 7) is 1.90. The molecule has 0 saturated heterocycles. The first-order chi connectivity index (χ1) is 10.8. The monoisotopic (exact) mass is 355 g/mol. The number of aliphatic hydroxyl groups excluding tert-OH is 1. The van der Waals surface area contributed by atoms with Crippen LogP contribution in [0.1, 0.15) is 23.7 Å². The van der Waals surface area contributed by atoms with Gasteiger partial charge in [0.2, 0.25) is 0 Å². The van der Waals surface area contributed by atoms with Gasteiger partial charge in [-0.05, 0) is 49.2 Å². The Bertz CT molecular complexity index is 870. The van der Waals surface area contributed by atoms with E-state index in [9.17, 15) is 17.9 Å². The lowest BCUT2D eigenvalue weighted by atomic mass is 10.0. The van der Waals surface area contributed by atoms with Crippen molar-refractivity contribution in [3.05, 3.63) is 58.4 Å². The quantitative estimate of drug-likeness (QED) is 0.898. The maximum absolute atomic E-state index is 13.4. The Labute approximate surface area is 139 Å². The number of benzene rings is 2. The van der Waals surface area contributed by atoms with Crippen molar-refractivity contribution in [2.45, 2.75) is 24.3 Å². The van der Waals surface area contributed by atoms with Crippen LogP contribution in [0.2, 0.25) is 5.02 Å². The molecule has 1 unspecified atom stereocenters. The number of fused-ring (bicyclic) bond motifs is 1. The van der Waals surface area contributed by atoms with Gasteiger partial charge in [-0.15, -0.1) is 0 Å². The summed E-state index contributed by atoms with van der Waals surface area (Å²) in [5.74, 6) is -0.513. The number of nitrogens with zero attached hydrogens (tertiary/aromatic N) is 1. The minimum Gasteiger partial charge on any atom is -0.388 e. The summed E-state index contributed by atoms with van der Waals surface area (Å²) in [4.78, 5) is 0.0692. The maximum atomic E-state index is 13.4. The van der Waals surface area contributed by atoms with Crippen LogP contribution in [-0.2, 0) is 10.0 Å². The third-order valence-corrected chi connectivity index (χ3v) is 6.17. The molecule has 1 atom stereocenters. The largest absolute Gasteiger partial charge is 0.388 e. The van der Waals surface area contributed by atoms with Crippen molar-refractivity contribution in [1.29, 1.82) is 0 Å². The minimum atomic E-state index is -3.84. The van der Waals surface area contributed by atoms with Crippen LogP contribution in [0, 0.1) is 12.7 Å². The first kappa shape index (κ1) is 16.2. The molecule has 3 rings (SSSR count). The van der Waals surface area contributed by atoms with Crippen LogP contribution in [0.5, 0.6) is 0 Å². The molecule has 2 aromatic rings. The van der Waals surface area contributed by atoms with Gasteiger partial charge < -0.3 is 5.11 Å². The lowest BCUT2D eigenvalue weighted by molar-refractivity contribution is 0.166. The highest BCUT2D eigenvalue weighted by atomic mass is 35.5. The first-order valence-corrected chi connectivity index (χ1v) is 8.89. The summed E-state index contributed by atoms with van der Waals surface area (Å²) in [7, 11) is -3.84. The highest BCUT2D eigenvalue weighted by molar-refractivity contribution is 7.92. The zero-order valence-electron chi connectivity index (χ0n) is 12.3. The molecule has 0 spiro atoms. The van der Waals surface area contributed by atoms with Gasteiger partial charge in [0.15, 0.2) is 0 Å². The van der Waals surface area contributed by atoms with Crippen LogP contribution in [-0.4, -0.2) is 20.1 Å². The molecule has 4 nitrogen and oxygen atoms in total. The molecule has 0 bridgehead atoms. The molecule has 122 valence electrons. The van der Waals surface area contributed by atoms with Crippen LogP contribution >= 0.6 is 11.6 Å². The lowest BCUT2D eigenvalue weighted by Gasteiger charge is -2.33. The first-order valence-electron chi connectivity index (χ1n) is 7.07. The second kappa shape index (κ2) is 5.78. The lowest BCUT2D eigenvalue weighted by Crippen LogP contribution is -2.36. The van der Waals surface area contributed by atoms with Crippen molar-refractivity contribution in [1.82, 2.24) is 0 Å². The SMILES string of the molecule is Cc1ccc(S(=O)(=O)N2CCC(O)c3cc(F)ccc32)cc1Cl. The van der Waals surface area contributed by atoms with E-state index in [1.54, 1.807) is 13.0 Å². The second-order valence-electron chi connectivity index (χ2n) is 5.50. The van der Waals surface area contributed by atoms with E-state index in [-0.39, 0.29) is 23.4 Å². The number of aliphatic hydroxyl groups is 1. The molecule has 0 aromatic heterocycles. The highest BCUT2D eigenvalue weighted by Gasteiger charge is 2.32. The van der Waals surface area contributed by atoms with Crippen LogP contribution in [0.25, 0.3) is 0 Å². The van der Waals surface area contributed by atoms with Crippen molar-refractivity contribution in [2.24, 2.45) is 0 Å². The van der Waals surface area contributed by atoms with Crippen LogP contribution < -0.4 is 4.31 Å². The predicted molar refractivity (Wildman–Crippen MR) is 86.7 cm³/mol. The molecule has 1 aliphatic rings. The molecule has 0 amide bonds. The standard InChI is InChI=1S/C16H15ClFNO3S/c1-10-2-4-12(9-14(10)17)23(21,22)19-7-6-16(20)13-8-11(18)3-5-15(13)19/h2-5,8-9,16,20H,6-7H2,1H3. The third kappa shape index (κ3) is 2.82. The summed E-state index contributed by atoms with van der Waals surface area (Å²) in [6.07, 6.45) is -0.677. The smallest absolute Gasteiger partial charge is 0.264 e. The fourth-order valence-electron chi connectivity index (χ4n) is 2.65. The van der Waals surface area contributed by atoms with Gasteiger partial charge in [0.1, 0.15) is 5.82 Å². The number of sulfonamides is 1. The Morgan fingerprint density at radius 1 is 1.26 bits per heavy atom. The normalized spacial score (nSPS) is 17.9. The molecule has 1 aliphatic heterocycles.